The van der Waals surface area contributed by atoms with E-state index in [2.05, 4.69) is 4.72 Å². The molecule has 0 bridgehead atoms. The molecule has 0 unspecified atom stereocenters. The molecule has 0 amide bonds. The second-order valence-electron chi connectivity index (χ2n) is 10.9. The fourth-order valence-electron chi connectivity index (χ4n) is 4.41. The standard InChI is InChI=1S/C26H37NO3S/c1-25(2,3)22-16-20(17-23(24(22)28)26(4,5)6)27-31(29,30)21-14-12-19(13-15-21)18-10-8-7-9-11-18/h12-18,27-28H,7-11H2,1-6H3. The number of aromatic hydroxyl groups is 1. The van der Waals surface area contributed by atoms with E-state index in [1.54, 1.807) is 24.3 Å². The van der Waals surface area contributed by atoms with Crippen LogP contribution in [0.2, 0.25) is 0 Å². The molecule has 0 aliphatic heterocycles. The summed E-state index contributed by atoms with van der Waals surface area (Å²) in [6.07, 6.45) is 6.16. The van der Waals surface area contributed by atoms with Crippen LogP contribution in [0.1, 0.15) is 96.3 Å². The lowest BCUT2D eigenvalue weighted by atomic mass is 9.79. The minimum absolute atomic E-state index is 0.236. The Hall–Kier alpha value is -2.01. The van der Waals surface area contributed by atoms with Crippen molar-refractivity contribution in [3.05, 3.63) is 53.1 Å². The molecule has 0 heterocycles. The Morgan fingerprint density at radius 3 is 1.77 bits per heavy atom. The van der Waals surface area contributed by atoms with E-state index in [1.807, 2.05) is 53.7 Å². The van der Waals surface area contributed by atoms with Crippen molar-refractivity contribution < 1.29 is 13.5 Å². The Balaban J connectivity index is 1.93. The van der Waals surface area contributed by atoms with Gasteiger partial charge in [0.05, 0.1) is 4.90 Å². The Kier molecular flexibility index (Phi) is 6.48. The van der Waals surface area contributed by atoms with E-state index in [0.717, 1.165) is 11.1 Å². The van der Waals surface area contributed by atoms with Gasteiger partial charge in [-0.05, 0) is 59.4 Å². The highest BCUT2D eigenvalue weighted by atomic mass is 32.2. The average Bonchev–Trinajstić information content (AvgIpc) is 2.68. The topological polar surface area (TPSA) is 66.4 Å². The minimum Gasteiger partial charge on any atom is -0.507 e. The van der Waals surface area contributed by atoms with Gasteiger partial charge in [-0.15, -0.1) is 0 Å². The fourth-order valence-corrected chi connectivity index (χ4v) is 5.45. The molecule has 0 saturated heterocycles. The molecule has 0 aromatic heterocycles. The zero-order valence-electron chi connectivity index (χ0n) is 19.7. The second kappa shape index (κ2) is 8.50. The van der Waals surface area contributed by atoms with Crippen molar-refractivity contribution in [2.45, 2.75) is 95.3 Å². The molecule has 5 heteroatoms. The number of hydrogen-bond donors (Lipinski definition) is 2. The molecular formula is C26H37NO3S. The third-order valence-electron chi connectivity index (χ3n) is 6.25. The third kappa shape index (κ3) is 5.43. The normalized spacial score (nSPS) is 16.3. The number of rotatable bonds is 4. The highest BCUT2D eigenvalue weighted by molar-refractivity contribution is 7.92. The first-order valence-corrected chi connectivity index (χ1v) is 12.8. The number of sulfonamides is 1. The zero-order valence-corrected chi connectivity index (χ0v) is 20.6. The predicted molar refractivity (Wildman–Crippen MR) is 129 cm³/mol. The summed E-state index contributed by atoms with van der Waals surface area (Å²) in [6, 6.07) is 10.8. The summed E-state index contributed by atoms with van der Waals surface area (Å²) in [5.41, 5.74) is 2.51. The first-order valence-electron chi connectivity index (χ1n) is 11.3. The largest absolute Gasteiger partial charge is 0.507 e. The van der Waals surface area contributed by atoms with E-state index in [9.17, 15) is 13.5 Å². The van der Waals surface area contributed by atoms with Crippen LogP contribution in [0.4, 0.5) is 5.69 Å². The number of hydrogen-bond acceptors (Lipinski definition) is 3. The van der Waals surface area contributed by atoms with Gasteiger partial charge >= 0.3 is 0 Å². The van der Waals surface area contributed by atoms with Crippen LogP contribution in [-0.2, 0) is 20.9 Å². The second-order valence-corrected chi connectivity index (χ2v) is 12.6. The molecular weight excluding hydrogens is 406 g/mol. The van der Waals surface area contributed by atoms with Crippen LogP contribution in [0.25, 0.3) is 0 Å². The highest BCUT2D eigenvalue weighted by Crippen LogP contribution is 2.41. The molecule has 1 aliphatic rings. The summed E-state index contributed by atoms with van der Waals surface area (Å²) in [5, 5.41) is 10.9. The van der Waals surface area contributed by atoms with Crippen molar-refractivity contribution in [1.29, 1.82) is 0 Å². The molecule has 1 fully saturated rings. The first kappa shape index (κ1) is 23.6. The summed E-state index contributed by atoms with van der Waals surface area (Å²) >= 11 is 0. The molecule has 2 N–H and O–H groups in total. The maximum Gasteiger partial charge on any atom is 0.261 e. The first-order chi connectivity index (χ1) is 14.3. The van der Waals surface area contributed by atoms with Gasteiger partial charge in [0.15, 0.2) is 0 Å². The molecule has 0 spiro atoms. The van der Waals surface area contributed by atoms with Crippen molar-refractivity contribution in [1.82, 2.24) is 0 Å². The smallest absolute Gasteiger partial charge is 0.261 e. The summed E-state index contributed by atoms with van der Waals surface area (Å²) in [4.78, 5) is 0.259. The van der Waals surface area contributed by atoms with E-state index >= 15 is 0 Å². The van der Waals surface area contributed by atoms with Crippen LogP contribution in [0, 0.1) is 0 Å². The summed E-state index contributed by atoms with van der Waals surface area (Å²) in [5.74, 6) is 0.777. The van der Waals surface area contributed by atoms with Gasteiger partial charge in [0.1, 0.15) is 5.75 Å². The van der Waals surface area contributed by atoms with Gasteiger partial charge in [0, 0.05) is 16.8 Å². The lowest BCUT2D eigenvalue weighted by Gasteiger charge is -2.28. The van der Waals surface area contributed by atoms with Crippen LogP contribution < -0.4 is 4.72 Å². The van der Waals surface area contributed by atoms with E-state index in [4.69, 9.17) is 0 Å². The van der Waals surface area contributed by atoms with Gasteiger partial charge in [-0.3, -0.25) is 4.72 Å². The molecule has 4 nitrogen and oxygen atoms in total. The number of phenolic OH excluding ortho intramolecular Hbond substituents is 1. The number of benzene rings is 2. The molecule has 170 valence electrons. The van der Waals surface area contributed by atoms with E-state index in [0.29, 0.717) is 11.6 Å². The average molecular weight is 444 g/mol. The van der Waals surface area contributed by atoms with Crippen LogP contribution >= 0.6 is 0 Å². The van der Waals surface area contributed by atoms with Crippen LogP contribution in [0.5, 0.6) is 5.75 Å². The predicted octanol–water partition coefficient (Wildman–Crippen LogP) is 6.84. The van der Waals surface area contributed by atoms with Crippen molar-refractivity contribution in [2.24, 2.45) is 0 Å². The fraction of sp³-hybridized carbons (Fsp3) is 0.538. The summed E-state index contributed by atoms with van der Waals surface area (Å²) in [7, 11) is -3.73. The summed E-state index contributed by atoms with van der Waals surface area (Å²) < 4.78 is 29.0. The maximum absolute atomic E-state index is 13.1. The van der Waals surface area contributed by atoms with Crippen molar-refractivity contribution >= 4 is 15.7 Å². The van der Waals surface area contributed by atoms with Gasteiger partial charge in [-0.25, -0.2) is 8.42 Å². The molecule has 0 atom stereocenters. The van der Waals surface area contributed by atoms with Crippen molar-refractivity contribution in [3.63, 3.8) is 0 Å². The van der Waals surface area contributed by atoms with Crippen LogP contribution in [0.3, 0.4) is 0 Å². The lowest BCUT2D eigenvalue weighted by molar-refractivity contribution is 0.423. The molecule has 0 radical (unpaired) electrons. The van der Waals surface area contributed by atoms with E-state index < -0.39 is 10.0 Å². The SMILES string of the molecule is CC(C)(C)c1cc(NS(=O)(=O)c2ccc(C3CCCCC3)cc2)cc(C(C)(C)C)c1O. The van der Waals surface area contributed by atoms with Crippen LogP contribution in [-0.4, -0.2) is 13.5 Å². The molecule has 2 aromatic rings. The number of phenols is 1. The van der Waals surface area contributed by atoms with E-state index in [1.165, 1.54) is 37.7 Å². The molecule has 3 rings (SSSR count). The molecule has 1 saturated carbocycles. The van der Waals surface area contributed by atoms with Crippen molar-refractivity contribution in [2.75, 3.05) is 4.72 Å². The van der Waals surface area contributed by atoms with E-state index in [-0.39, 0.29) is 21.5 Å². The van der Waals surface area contributed by atoms with Gasteiger partial charge in [0.25, 0.3) is 10.0 Å². The summed E-state index contributed by atoms with van der Waals surface area (Å²) in [6.45, 7) is 12.1. The highest BCUT2D eigenvalue weighted by Gasteiger charge is 2.28. The van der Waals surface area contributed by atoms with Crippen molar-refractivity contribution in [3.8, 4) is 5.75 Å². The van der Waals surface area contributed by atoms with Crippen LogP contribution in [0.15, 0.2) is 41.3 Å². The monoisotopic (exact) mass is 443 g/mol. The van der Waals surface area contributed by atoms with Gasteiger partial charge in [-0.2, -0.15) is 0 Å². The van der Waals surface area contributed by atoms with Gasteiger partial charge in [-0.1, -0.05) is 72.9 Å². The Morgan fingerprint density at radius 2 is 1.32 bits per heavy atom. The number of anilines is 1. The van der Waals surface area contributed by atoms with Gasteiger partial charge < -0.3 is 5.11 Å². The quantitative estimate of drug-likeness (QED) is 0.509. The Bertz CT molecular complexity index is 985. The molecule has 31 heavy (non-hydrogen) atoms. The lowest BCUT2D eigenvalue weighted by Crippen LogP contribution is -2.19. The zero-order chi connectivity index (χ0) is 23.0. The molecule has 1 aliphatic carbocycles. The maximum atomic E-state index is 13.1. The Morgan fingerprint density at radius 1 is 0.839 bits per heavy atom. The van der Waals surface area contributed by atoms with Gasteiger partial charge in [0.2, 0.25) is 0 Å². The third-order valence-corrected chi connectivity index (χ3v) is 7.64. The minimum atomic E-state index is -3.73. The molecule has 2 aromatic carbocycles. The number of nitrogens with one attached hydrogen (secondary N) is 1. The Labute approximate surface area is 188 Å².